The first-order valence-electron chi connectivity index (χ1n) is 4.71. The Labute approximate surface area is 69.8 Å². The van der Waals surface area contributed by atoms with E-state index in [2.05, 4.69) is 31.4 Å². The molecule has 2 N–H and O–H groups in total. The van der Waals surface area contributed by atoms with Crippen LogP contribution in [0.5, 0.6) is 0 Å². The van der Waals surface area contributed by atoms with Crippen molar-refractivity contribution >= 4 is 0 Å². The molecule has 0 aromatic carbocycles. The van der Waals surface area contributed by atoms with Crippen LogP contribution >= 0.6 is 0 Å². The quantitative estimate of drug-likeness (QED) is 0.626. The molecule has 11 heavy (non-hydrogen) atoms. The molecule has 0 aromatic heterocycles. The molecule has 1 rings (SSSR count). The van der Waals surface area contributed by atoms with Crippen LogP contribution in [0.15, 0.2) is 0 Å². The monoisotopic (exact) mass is 156 g/mol. The molecule has 0 aliphatic carbocycles. The molecule has 66 valence electrons. The van der Waals surface area contributed by atoms with Gasteiger partial charge >= 0.3 is 0 Å². The lowest BCUT2D eigenvalue weighted by Gasteiger charge is -2.33. The third-order valence-corrected chi connectivity index (χ3v) is 2.34. The molecule has 0 saturated carbocycles. The summed E-state index contributed by atoms with van der Waals surface area (Å²) in [5, 5.41) is 7.03. The van der Waals surface area contributed by atoms with Crippen molar-refractivity contribution in [3.8, 4) is 0 Å². The molecule has 1 saturated heterocycles. The van der Waals surface area contributed by atoms with Gasteiger partial charge in [0.05, 0.1) is 0 Å². The fourth-order valence-corrected chi connectivity index (χ4v) is 2.03. The predicted octanol–water partition coefficient (Wildman–Crippen LogP) is 1.12. The van der Waals surface area contributed by atoms with E-state index in [-0.39, 0.29) is 0 Å². The zero-order valence-electron chi connectivity index (χ0n) is 7.85. The first kappa shape index (κ1) is 9.01. The zero-order chi connectivity index (χ0) is 8.27. The van der Waals surface area contributed by atoms with Crippen molar-refractivity contribution < 1.29 is 0 Å². The SMILES string of the molecule is CCNC1CC(C)NC(C)C1. The lowest BCUT2D eigenvalue weighted by atomic mass is 9.95. The number of hydrogen-bond acceptors (Lipinski definition) is 2. The number of hydrogen-bond donors (Lipinski definition) is 2. The van der Waals surface area contributed by atoms with Crippen molar-refractivity contribution in [2.24, 2.45) is 0 Å². The lowest BCUT2D eigenvalue weighted by molar-refractivity contribution is 0.285. The van der Waals surface area contributed by atoms with E-state index in [9.17, 15) is 0 Å². The van der Waals surface area contributed by atoms with E-state index in [0.717, 1.165) is 12.6 Å². The summed E-state index contributed by atoms with van der Waals surface area (Å²) in [6, 6.07) is 2.11. The van der Waals surface area contributed by atoms with E-state index in [4.69, 9.17) is 0 Å². The average Bonchev–Trinajstić information content (AvgIpc) is 1.85. The van der Waals surface area contributed by atoms with Gasteiger partial charge in [-0.15, -0.1) is 0 Å². The van der Waals surface area contributed by atoms with Crippen molar-refractivity contribution in [1.82, 2.24) is 10.6 Å². The minimum absolute atomic E-state index is 0.683. The summed E-state index contributed by atoms with van der Waals surface area (Å²) in [5.74, 6) is 0. The van der Waals surface area contributed by atoms with Crippen LogP contribution in [0.4, 0.5) is 0 Å². The summed E-state index contributed by atoms with van der Waals surface area (Å²) in [5.41, 5.74) is 0. The maximum atomic E-state index is 3.53. The minimum atomic E-state index is 0.683. The fourth-order valence-electron chi connectivity index (χ4n) is 2.03. The number of nitrogens with one attached hydrogen (secondary N) is 2. The summed E-state index contributed by atoms with van der Waals surface area (Å²) in [7, 11) is 0. The van der Waals surface area contributed by atoms with Crippen molar-refractivity contribution in [1.29, 1.82) is 0 Å². The highest BCUT2D eigenvalue weighted by Crippen LogP contribution is 2.12. The molecule has 2 heteroatoms. The Morgan fingerprint density at radius 1 is 1.27 bits per heavy atom. The molecule has 1 aliphatic rings. The molecule has 2 unspecified atom stereocenters. The molecule has 2 nitrogen and oxygen atoms in total. The van der Waals surface area contributed by atoms with Gasteiger partial charge in [-0.05, 0) is 33.2 Å². The largest absolute Gasteiger partial charge is 0.314 e. The lowest BCUT2D eigenvalue weighted by Crippen LogP contribution is -2.49. The van der Waals surface area contributed by atoms with Crippen molar-refractivity contribution in [3.05, 3.63) is 0 Å². The van der Waals surface area contributed by atoms with E-state index in [1.807, 2.05) is 0 Å². The molecule has 1 aliphatic heterocycles. The van der Waals surface area contributed by atoms with Crippen LogP contribution in [-0.2, 0) is 0 Å². The smallest absolute Gasteiger partial charge is 0.00963 e. The maximum Gasteiger partial charge on any atom is 0.00963 e. The molecule has 0 spiro atoms. The molecule has 1 heterocycles. The van der Waals surface area contributed by atoms with E-state index in [0.29, 0.717) is 12.1 Å². The van der Waals surface area contributed by atoms with Crippen molar-refractivity contribution in [2.75, 3.05) is 6.54 Å². The van der Waals surface area contributed by atoms with Crippen LogP contribution in [0, 0.1) is 0 Å². The highest BCUT2D eigenvalue weighted by atomic mass is 15.0. The molecule has 0 radical (unpaired) electrons. The van der Waals surface area contributed by atoms with Crippen molar-refractivity contribution in [3.63, 3.8) is 0 Å². The summed E-state index contributed by atoms with van der Waals surface area (Å²) in [6.07, 6.45) is 2.55. The number of piperidine rings is 1. The maximum absolute atomic E-state index is 3.53. The summed E-state index contributed by atoms with van der Waals surface area (Å²) in [6.45, 7) is 7.81. The van der Waals surface area contributed by atoms with Gasteiger partial charge in [-0.1, -0.05) is 6.92 Å². The summed E-state index contributed by atoms with van der Waals surface area (Å²) >= 11 is 0. The summed E-state index contributed by atoms with van der Waals surface area (Å²) < 4.78 is 0. The highest BCUT2D eigenvalue weighted by molar-refractivity contribution is 4.84. The second-order valence-corrected chi connectivity index (χ2v) is 3.69. The van der Waals surface area contributed by atoms with Crippen LogP contribution in [0.2, 0.25) is 0 Å². The van der Waals surface area contributed by atoms with Gasteiger partial charge in [-0.25, -0.2) is 0 Å². The van der Waals surface area contributed by atoms with Gasteiger partial charge in [0.2, 0.25) is 0 Å². The van der Waals surface area contributed by atoms with Gasteiger partial charge in [0.1, 0.15) is 0 Å². The van der Waals surface area contributed by atoms with Gasteiger partial charge in [0.25, 0.3) is 0 Å². The first-order valence-corrected chi connectivity index (χ1v) is 4.71. The molecule has 1 fully saturated rings. The highest BCUT2D eigenvalue weighted by Gasteiger charge is 2.21. The van der Waals surface area contributed by atoms with E-state index in [1.54, 1.807) is 0 Å². The third kappa shape index (κ3) is 2.80. The van der Waals surface area contributed by atoms with E-state index in [1.165, 1.54) is 12.8 Å². The molecule has 0 bridgehead atoms. The Kier molecular flexibility index (Phi) is 3.34. The first-order chi connectivity index (χ1) is 5.22. The predicted molar refractivity (Wildman–Crippen MR) is 48.8 cm³/mol. The zero-order valence-corrected chi connectivity index (χ0v) is 7.85. The number of rotatable bonds is 2. The van der Waals surface area contributed by atoms with Gasteiger partial charge in [0, 0.05) is 18.1 Å². The van der Waals surface area contributed by atoms with Crippen molar-refractivity contribution in [2.45, 2.75) is 51.7 Å². The molecular formula is C9H20N2. The Bertz CT molecular complexity index is 104. The topological polar surface area (TPSA) is 24.1 Å². The van der Waals surface area contributed by atoms with Gasteiger partial charge in [0.15, 0.2) is 0 Å². The molecule has 0 aromatic rings. The molecular weight excluding hydrogens is 136 g/mol. The van der Waals surface area contributed by atoms with E-state index >= 15 is 0 Å². The second-order valence-electron chi connectivity index (χ2n) is 3.69. The van der Waals surface area contributed by atoms with Crippen LogP contribution in [0.1, 0.15) is 33.6 Å². The molecule has 2 atom stereocenters. The van der Waals surface area contributed by atoms with Crippen LogP contribution in [-0.4, -0.2) is 24.7 Å². The van der Waals surface area contributed by atoms with Crippen LogP contribution < -0.4 is 10.6 Å². The van der Waals surface area contributed by atoms with Gasteiger partial charge in [-0.2, -0.15) is 0 Å². The Morgan fingerprint density at radius 3 is 2.27 bits per heavy atom. The normalized spacial score (nSPS) is 39.0. The second kappa shape index (κ2) is 4.07. The van der Waals surface area contributed by atoms with Crippen LogP contribution in [0.3, 0.4) is 0 Å². The average molecular weight is 156 g/mol. The fraction of sp³-hybridized carbons (Fsp3) is 1.00. The molecule has 0 amide bonds. The van der Waals surface area contributed by atoms with E-state index < -0.39 is 0 Å². The van der Waals surface area contributed by atoms with Gasteiger partial charge in [-0.3, -0.25) is 0 Å². The van der Waals surface area contributed by atoms with Gasteiger partial charge < -0.3 is 10.6 Å². The Hall–Kier alpha value is -0.0800. The summed E-state index contributed by atoms with van der Waals surface area (Å²) in [4.78, 5) is 0. The minimum Gasteiger partial charge on any atom is -0.314 e. The standard InChI is InChI=1S/C9H20N2/c1-4-10-9-5-7(2)11-8(3)6-9/h7-11H,4-6H2,1-3H3. The van der Waals surface area contributed by atoms with Crippen LogP contribution in [0.25, 0.3) is 0 Å². The Balaban J connectivity index is 2.30. The third-order valence-electron chi connectivity index (χ3n) is 2.34. The Morgan fingerprint density at radius 2 is 1.82 bits per heavy atom.